The van der Waals surface area contributed by atoms with Gasteiger partial charge in [0, 0.05) is 19.3 Å². The van der Waals surface area contributed by atoms with Crippen LogP contribution in [0, 0.1) is 11.8 Å². The van der Waals surface area contributed by atoms with Gasteiger partial charge in [-0.2, -0.15) is 0 Å². The van der Waals surface area contributed by atoms with E-state index in [2.05, 4.69) is 133 Å². The number of hydrogen-bond acceptors (Lipinski definition) is 5. The second-order valence-corrected chi connectivity index (χ2v) is 9.84. The van der Waals surface area contributed by atoms with E-state index in [-0.39, 0.29) is 16.8 Å². The van der Waals surface area contributed by atoms with E-state index in [0.29, 0.717) is 47.6 Å². The summed E-state index contributed by atoms with van der Waals surface area (Å²) < 4.78 is 3.09. The summed E-state index contributed by atoms with van der Waals surface area (Å²) in [5.41, 5.74) is 0.553. The van der Waals surface area contributed by atoms with Gasteiger partial charge in [-0.25, -0.2) is 14.6 Å². The molecular formula is C43H67N5O4. The smallest absolute Gasteiger partial charge is 0.337 e. The van der Waals surface area contributed by atoms with E-state index >= 15 is 0 Å². The molecule has 0 spiro atoms. The van der Waals surface area contributed by atoms with Crippen molar-refractivity contribution >= 4 is 17.1 Å². The minimum Gasteiger partial charge on any atom is -0.478 e. The van der Waals surface area contributed by atoms with Crippen molar-refractivity contribution < 1.29 is 9.90 Å². The Kier molecular flexibility index (Phi) is 41.1. The molecule has 0 radical (unpaired) electrons. The molecule has 0 aliphatic heterocycles. The van der Waals surface area contributed by atoms with Crippen molar-refractivity contribution in [3.05, 3.63) is 163 Å². The largest absolute Gasteiger partial charge is 0.478 e. The van der Waals surface area contributed by atoms with Gasteiger partial charge in [-0.05, 0) is 49.7 Å². The molecule has 2 saturated carbocycles. The maximum absolute atomic E-state index is 13.6. The lowest BCUT2D eigenvalue weighted by atomic mass is 9.89. The second-order valence-electron chi connectivity index (χ2n) is 9.84. The molecule has 0 saturated heterocycles. The molecule has 52 heavy (non-hydrogen) atoms. The summed E-state index contributed by atoms with van der Waals surface area (Å²) in [6, 6.07) is 3.01. The van der Waals surface area contributed by atoms with Crippen LogP contribution < -0.4 is 11.2 Å². The molecule has 3 aromatic rings. The molecule has 0 amide bonds. The molecule has 9 heteroatoms. The summed E-state index contributed by atoms with van der Waals surface area (Å²) in [4.78, 5) is 50.1. The topological polar surface area (TPSA) is 123 Å². The highest BCUT2D eigenvalue weighted by Gasteiger charge is 2.24. The quantitative estimate of drug-likeness (QED) is 0.245. The zero-order chi connectivity index (χ0) is 41.7. The van der Waals surface area contributed by atoms with Crippen molar-refractivity contribution in [3.8, 4) is 11.5 Å². The number of imidazole rings is 1. The number of aromatic carboxylic acids is 1. The number of aromatic amines is 1. The third-order valence-corrected chi connectivity index (χ3v) is 7.45. The molecule has 5 rings (SSSR count). The fraction of sp³-hybridized carbons (Fsp3) is 0.326. The van der Waals surface area contributed by atoms with Crippen LogP contribution in [0.3, 0.4) is 0 Å². The number of H-pyrrole nitrogens is 1. The predicted molar refractivity (Wildman–Crippen MR) is 229 cm³/mol. The second kappa shape index (κ2) is 38.2. The standard InChI is InChI=1S/C25H31N5O4.9C2H4/c31-23-20-22(28-21(27-20)19-12-11-18(13-26-19)24(32)33)29(14-16-7-3-1-4-8-16)25(34)30(23)15-17-9-5-2-6-10-17;9*1-2/h11-13,16-17H,1-10,14-15H2,(H,27,28)(H,32,33);9*1-2H2. The zero-order valence-corrected chi connectivity index (χ0v) is 32.1. The van der Waals surface area contributed by atoms with Gasteiger partial charge in [0.25, 0.3) is 5.56 Å². The zero-order valence-electron chi connectivity index (χ0n) is 32.1. The van der Waals surface area contributed by atoms with Gasteiger partial charge in [0.1, 0.15) is 11.2 Å². The summed E-state index contributed by atoms with van der Waals surface area (Å²) in [6.07, 6.45) is 12.6. The first-order valence-corrected chi connectivity index (χ1v) is 16.9. The molecule has 0 unspecified atom stereocenters. The van der Waals surface area contributed by atoms with Gasteiger partial charge >= 0.3 is 11.7 Å². The Bertz CT molecular complexity index is 1420. The average molecular weight is 718 g/mol. The minimum absolute atomic E-state index is 0.0731. The molecule has 2 fully saturated rings. The van der Waals surface area contributed by atoms with Crippen molar-refractivity contribution in [2.45, 2.75) is 77.3 Å². The van der Waals surface area contributed by atoms with Crippen LogP contribution in [-0.4, -0.2) is 35.2 Å². The molecule has 2 aliphatic carbocycles. The maximum atomic E-state index is 13.6. The van der Waals surface area contributed by atoms with Crippen LogP contribution in [0.25, 0.3) is 22.7 Å². The summed E-state index contributed by atoms with van der Waals surface area (Å²) in [7, 11) is 0. The lowest BCUT2D eigenvalue weighted by molar-refractivity contribution is 0.0696. The molecule has 3 aromatic heterocycles. The van der Waals surface area contributed by atoms with Crippen molar-refractivity contribution in [2.24, 2.45) is 11.8 Å². The van der Waals surface area contributed by atoms with E-state index in [1.165, 1.54) is 29.7 Å². The highest BCUT2D eigenvalue weighted by atomic mass is 16.4. The SMILES string of the molecule is C=C.C=C.C=C.C=C.C=C.C=C.C=C.C=C.C=C.O=C(O)c1ccc(-c2nc3c([nH]2)c(=O)n(CC2CCCCC2)c(=O)n3CC2CCCCC2)nc1. The number of nitrogens with one attached hydrogen (secondary N) is 1. The van der Waals surface area contributed by atoms with Crippen molar-refractivity contribution in [1.82, 2.24) is 24.1 Å². The van der Waals surface area contributed by atoms with Crippen LogP contribution in [-0.2, 0) is 13.1 Å². The van der Waals surface area contributed by atoms with E-state index in [9.17, 15) is 14.4 Å². The molecule has 9 nitrogen and oxygen atoms in total. The molecule has 288 valence electrons. The highest BCUT2D eigenvalue weighted by Crippen LogP contribution is 2.27. The first kappa shape index (κ1) is 55.8. The molecule has 2 aliphatic rings. The Morgan fingerprint density at radius 3 is 1.42 bits per heavy atom. The lowest BCUT2D eigenvalue weighted by Gasteiger charge is -2.24. The van der Waals surface area contributed by atoms with E-state index in [0.717, 1.165) is 51.4 Å². The van der Waals surface area contributed by atoms with Crippen LogP contribution in [0.1, 0.15) is 74.6 Å². The van der Waals surface area contributed by atoms with Crippen molar-refractivity contribution in [3.63, 3.8) is 0 Å². The van der Waals surface area contributed by atoms with Gasteiger partial charge in [0.15, 0.2) is 11.5 Å². The summed E-state index contributed by atoms with van der Waals surface area (Å²) in [6.45, 7) is 55.0. The number of carboxylic acid groups (broad SMARTS) is 1. The Morgan fingerprint density at radius 2 is 1.06 bits per heavy atom. The molecule has 0 bridgehead atoms. The third-order valence-electron chi connectivity index (χ3n) is 7.45. The number of aromatic nitrogens is 5. The number of rotatable bonds is 6. The molecule has 0 aromatic carbocycles. The molecule has 2 N–H and O–H groups in total. The van der Waals surface area contributed by atoms with Gasteiger partial charge in [0.2, 0.25) is 0 Å². The molecule has 0 atom stereocenters. The van der Waals surface area contributed by atoms with Gasteiger partial charge in [0.05, 0.1) is 5.56 Å². The Balaban J connectivity index is -0.000000359. The predicted octanol–water partition coefficient (Wildman–Crippen LogP) is 11.0. The summed E-state index contributed by atoms with van der Waals surface area (Å²) in [5, 5.41) is 9.14. The lowest BCUT2D eigenvalue weighted by Crippen LogP contribution is -2.42. The summed E-state index contributed by atoms with van der Waals surface area (Å²) in [5.74, 6) is 0.0302. The van der Waals surface area contributed by atoms with Gasteiger partial charge in [-0.1, -0.05) is 38.5 Å². The highest BCUT2D eigenvalue weighted by molar-refractivity contribution is 5.87. The maximum Gasteiger partial charge on any atom is 0.337 e. The van der Waals surface area contributed by atoms with Crippen molar-refractivity contribution in [2.75, 3.05) is 0 Å². The van der Waals surface area contributed by atoms with Crippen LogP contribution in [0.5, 0.6) is 0 Å². The average Bonchev–Trinajstić information content (AvgIpc) is 3.71. The fourth-order valence-corrected chi connectivity index (χ4v) is 5.53. The van der Waals surface area contributed by atoms with Crippen LogP contribution in [0.4, 0.5) is 0 Å². The number of carboxylic acids is 1. The normalized spacial score (nSPS) is 12.4. The van der Waals surface area contributed by atoms with Gasteiger partial charge < -0.3 is 10.1 Å². The number of carbonyl (C=O) groups is 1. The Morgan fingerprint density at radius 1 is 0.654 bits per heavy atom. The van der Waals surface area contributed by atoms with Gasteiger partial charge in [-0.3, -0.25) is 18.9 Å². The van der Waals surface area contributed by atoms with E-state index in [1.54, 1.807) is 10.6 Å². The van der Waals surface area contributed by atoms with Crippen LogP contribution >= 0.6 is 0 Å². The van der Waals surface area contributed by atoms with Gasteiger partial charge in [-0.15, -0.1) is 118 Å². The summed E-state index contributed by atoms with van der Waals surface area (Å²) >= 11 is 0. The van der Waals surface area contributed by atoms with E-state index < -0.39 is 5.97 Å². The molecule has 3 heterocycles. The Labute approximate surface area is 314 Å². The number of nitrogens with zero attached hydrogens (tertiary/aromatic N) is 4. The minimum atomic E-state index is -1.06. The number of hydrogen-bond donors (Lipinski definition) is 2. The third kappa shape index (κ3) is 17.9. The monoisotopic (exact) mass is 718 g/mol. The van der Waals surface area contributed by atoms with Crippen molar-refractivity contribution in [1.29, 1.82) is 0 Å². The van der Waals surface area contributed by atoms with E-state index in [1.807, 2.05) is 0 Å². The fourth-order valence-electron chi connectivity index (χ4n) is 5.53. The Hall–Kier alpha value is -5.57. The van der Waals surface area contributed by atoms with Crippen LogP contribution in [0.15, 0.2) is 146 Å². The number of pyridine rings is 1. The molecular weight excluding hydrogens is 651 g/mol. The first-order valence-electron chi connectivity index (χ1n) is 16.9. The first-order chi connectivity index (χ1) is 25.5. The van der Waals surface area contributed by atoms with Crippen LogP contribution in [0.2, 0.25) is 0 Å². The van der Waals surface area contributed by atoms with E-state index in [4.69, 9.17) is 5.11 Å². The number of fused-ring (bicyclic) bond motifs is 1.